The topological polar surface area (TPSA) is 95.0 Å². The maximum absolute atomic E-state index is 12.9. The molecule has 1 aliphatic carbocycles. The molecule has 0 bridgehead atoms. The highest BCUT2D eigenvalue weighted by Gasteiger charge is 2.31. The van der Waals surface area contributed by atoms with Crippen molar-refractivity contribution in [1.82, 2.24) is 9.88 Å². The monoisotopic (exact) mass is 526 g/mol. The molecular formula is C28H31ClN2O6. The van der Waals surface area contributed by atoms with Crippen LogP contribution in [0.1, 0.15) is 76.8 Å². The van der Waals surface area contributed by atoms with Gasteiger partial charge in [-0.2, -0.15) is 0 Å². The van der Waals surface area contributed by atoms with E-state index in [9.17, 15) is 14.4 Å². The number of rotatable bonds is 5. The van der Waals surface area contributed by atoms with E-state index in [0.29, 0.717) is 56.1 Å². The number of nitrogens with zero attached hydrogens (tertiary/aromatic N) is 2. The van der Waals surface area contributed by atoms with Crippen molar-refractivity contribution in [2.45, 2.75) is 46.5 Å². The van der Waals surface area contributed by atoms with Gasteiger partial charge in [0.2, 0.25) is 0 Å². The van der Waals surface area contributed by atoms with Gasteiger partial charge < -0.3 is 19.1 Å². The summed E-state index contributed by atoms with van der Waals surface area (Å²) in [6.45, 7) is 6.89. The van der Waals surface area contributed by atoms with E-state index in [1.54, 1.807) is 31.7 Å². The van der Waals surface area contributed by atoms with Gasteiger partial charge in [0.25, 0.3) is 0 Å². The van der Waals surface area contributed by atoms with Gasteiger partial charge >= 0.3 is 18.0 Å². The SMILES string of the molecule is CCOC(=O)c1cc2c(nc1C(=O)OCC)C(=C1CCN(C(=O)OCC)CC1)c1ccc(Cl)cc1CC2. The summed E-state index contributed by atoms with van der Waals surface area (Å²) in [7, 11) is 0. The fourth-order valence-electron chi connectivity index (χ4n) is 4.87. The Morgan fingerprint density at radius 3 is 2.19 bits per heavy atom. The highest BCUT2D eigenvalue weighted by molar-refractivity contribution is 6.30. The lowest BCUT2D eigenvalue weighted by molar-refractivity contribution is 0.0473. The number of esters is 2. The number of carbonyl (C=O) groups is 3. The zero-order valence-corrected chi connectivity index (χ0v) is 22.2. The van der Waals surface area contributed by atoms with Crippen LogP contribution < -0.4 is 0 Å². The number of benzene rings is 1. The summed E-state index contributed by atoms with van der Waals surface area (Å²) in [6.07, 6.45) is 2.24. The Morgan fingerprint density at radius 1 is 0.865 bits per heavy atom. The minimum absolute atomic E-state index is 0.0569. The number of pyridine rings is 1. The van der Waals surface area contributed by atoms with Crippen molar-refractivity contribution >= 4 is 35.2 Å². The molecule has 1 aliphatic heterocycles. The fourth-order valence-corrected chi connectivity index (χ4v) is 5.07. The number of amides is 1. The highest BCUT2D eigenvalue weighted by Crippen LogP contribution is 2.39. The molecule has 8 nitrogen and oxygen atoms in total. The van der Waals surface area contributed by atoms with Gasteiger partial charge in [0.15, 0.2) is 5.69 Å². The number of aromatic nitrogens is 1. The Balaban J connectivity index is 1.88. The molecule has 0 spiro atoms. The standard InChI is InChI=1S/C28H31ClN2O6/c1-4-35-26(32)22-16-19-8-7-18-15-20(29)9-10-21(18)23(24(19)30-25(22)27(33)36-5-2)17-11-13-31(14-12-17)28(34)37-6-3/h9-10,15-16H,4-8,11-14H2,1-3H3. The number of aryl methyl sites for hydroxylation is 2. The second kappa shape index (κ2) is 11.8. The van der Waals surface area contributed by atoms with Crippen LogP contribution in [-0.4, -0.2) is 60.8 Å². The van der Waals surface area contributed by atoms with Gasteiger partial charge in [-0.1, -0.05) is 23.2 Å². The molecule has 0 radical (unpaired) electrons. The van der Waals surface area contributed by atoms with E-state index < -0.39 is 11.9 Å². The van der Waals surface area contributed by atoms with Crippen LogP contribution in [0.2, 0.25) is 5.02 Å². The number of halogens is 1. The van der Waals surface area contributed by atoms with Crippen molar-refractivity contribution in [3.8, 4) is 0 Å². The molecule has 1 aromatic carbocycles. The quantitative estimate of drug-likeness (QED) is 0.388. The summed E-state index contributed by atoms with van der Waals surface area (Å²) in [5, 5.41) is 0.638. The third kappa shape index (κ3) is 5.64. The van der Waals surface area contributed by atoms with Crippen molar-refractivity contribution < 1.29 is 28.6 Å². The third-order valence-corrected chi connectivity index (χ3v) is 6.78. The number of hydrogen-bond acceptors (Lipinski definition) is 7. The van der Waals surface area contributed by atoms with Crippen molar-refractivity contribution in [2.24, 2.45) is 0 Å². The largest absolute Gasteiger partial charge is 0.462 e. The molecule has 4 rings (SSSR count). The average molecular weight is 527 g/mol. The smallest absolute Gasteiger partial charge is 0.409 e. The Morgan fingerprint density at radius 2 is 1.51 bits per heavy atom. The molecule has 0 atom stereocenters. The molecule has 196 valence electrons. The van der Waals surface area contributed by atoms with Crippen LogP contribution in [0.3, 0.4) is 0 Å². The molecule has 1 fully saturated rings. The van der Waals surface area contributed by atoms with E-state index in [-0.39, 0.29) is 30.6 Å². The lowest BCUT2D eigenvalue weighted by atomic mass is 9.88. The molecule has 0 N–H and O–H groups in total. The maximum Gasteiger partial charge on any atom is 0.409 e. The second-order valence-electron chi connectivity index (χ2n) is 8.80. The van der Waals surface area contributed by atoms with Gasteiger partial charge in [0, 0.05) is 23.7 Å². The van der Waals surface area contributed by atoms with Crippen LogP contribution in [0.25, 0.3) is 5.57 Å². The minimum Gasteiger partial charge on any atom is -0.462 e. The fraction of sp³-hybridized carbons (Fsp3) is 0.429. The van der Waals surface area contributed by atoms with Crippen LogP contribution in [-0.2, 0) is 27.1 Å². The van der Waals surface area contributed by atoms with Crippen molar-refractivity contribution in [2.75, 3.05) is 32.9 Å². The molecular weight excluding hydrogens is 496 g/mol. The summed E-state index contributed by atoms with van der Waals surface area (Å²) in [6, 6.07) is 7.50. The number of likely N-dealkylation sites (tertiary alicyclic amines) is 1. The molecule has 0 saturated carbocycles. The van der Waals surface area contributed by atoms with E-state index >= 15 is 0 Å². The molecule has 1 saturated heterocycles. The van der Waals surface area contributed by atoms with Crippen LogP contribution in [0.15, 0.2) is 29.8 Å². The van der Waals surface area contributed by atoms with Gasteiger partial charge in [-0.15, -0.1) is 0 Å². The van der Waals surface area contributed by atoms with Crippen molar-refractivity contribution in [3.63, 3.8) is 0 Å². The summed E-state index contributed by atoms with van der Waals surface area (Å²) in [4.78, 5) is 44.5. The Hall–Kier alpha value is -3.39. The van der Waals surface area contributed by atoms with Gasteiger partial charge in [0.05, 0.1) is 31.1 Å². The predicted octanol–water partition coefficient (Wildman–Crippen LogP) is 5.24. The Labute approximate surface area is 221 Å². The third-order valence-electron chi connectivity index (χ3n) is 6.55. The minimum atomic E-state index is -0.671. The van der Waals surface area contributed by atoms with E-state index in [1.165, 1.54) is 0 Å². The molecule has 1 aromatic heterocycles. The molecule has 1 amide bonds. The molecule has 2 heterocycles. The van der Waals surface area contributed by atoms with Crippen LogP contribution in [0.4, 0.5) is 4.79 Å². The van der Waals surface area contributed by atoms with Crippen LogP contribution in [0, 0.1) is 0 Å². The first-order valence-electron chi connectivity index (χ1n) is 12.7. The zero-order valence-electron chi connectivity index (χ0n) is 21.4. The highest BCUT2D eigenvalue weighted by atomic mass is 35.5. The van der Waals surface area contributed by atoms with Gasteiger partial charge in [0.1, 0.15) is 0 Å². The van der Waals surface area contributed by atoms with Gasteiger partial charge in [-0.05, 0) is 81.3 Å². The van der Waals surface area contributed by atoms with Crippen LogP contribution >= 0.6 is 11.6 Å². The molecule has 37 heavy (non-hydrogen) atoms. The van der Waals surface area contributed by atoms with E-state index in [4.69, 9.17) is 30.8 Å². The summed E-state index contributed by atoms with van der Waals surface area (Å²) in [5.41, 5.74) is 5.64. The number of fused-ring (bicyclic) bond motifs is 2. The van der Waals surface area contributed by atoms with Gasteiger partial charge in [-0.3, -0.25) is 0 Å². The first-order valence-corrected chi connectivity index (χ1v) is 13.1. The lowest BCUT2D eigenvalue weighted by Gasteiger charge is -2.29. The van der Waals surface area contributed by atoms with Crippen molar-refractivity contribution in [3.05, 3.63) is 68.5 Å². The van der Waals surface area contributed by atoms with Crippen molar-refractivity contribution in [1.29, 1.82) is 0 Å². The summed E-state index contributed by atoms with van der Waals surface area (Å²) < 4.78 is 15.7. The predicted molar refractivity (Wildman–Crippen MR) is 139 cm³/mol. The summed E-state index contributed by atoms with van der Waals surface area (Å²) >= 11 is 6.35. The normalized spacial score (nSPS) is 14.9. The van der Waals surface area contributed by atoms with E-state index in [0.717, 1.165) is 27.8 Å². The first-order chi connectivity index (χ1) is 17.9. The van der Waals surface area contributed by atoms with Gasteiger partial charge in [-0.25, -0.2) is 19.4 Å². The number of hydrogen-bond donors (Lipinski definition) is 0. The van der Waals surface area contributed by atoms with E-state index in [1.807, 2.05) is 18.2 Å². The Bertz CT molecular complexity index is 1250. The molecule has 9 heteroatoms. The molecule has 2 aromatic rings. The Kier molecular flexibility index (Phi) is 8.48. The first kappa shape index (κ1) is 26.7. The average Bonchev–Trinajstić information content (AvgIpc) is 3.04. The number of carbonyl (C=O) groups excluding carboxylic acids is 3. The number of ether oxygens (including phenoxy) is 3. The second-order valence-corrected chi connectivity index (χ2v) is 9.24. The van der Waals surface area contributed by atoms with E-state index in [2.05, 4.69) is 0 Å². The maximum atomic E-state index is 12.9. The zero-order chi connectivity index (χ0) is 26.5. The number of piperidine rings is 1. The van der Waals surface area contributed by atoms with Crippen LogP contribution in [0.5, 0.6) is 0 Å². The summed E-state index contributed by atoms with van der Waals surface area (Å²) in [5.74, 6) is -1.28. The molecule has 0 unspecified atom stereocenters. The molecule has 2 aliphatic rings. The lowest BCUT2D eigenvalue weighted by Crippen LogP contribution is -2.37.